The third kappa shape index (κ3) is 2.46. The van der Waals surface area contributed by atoms with Gasteiger partial charge in [0.2, 0.25) is 5.88 Å². The summed E-state index contributed by atoms with van der Waals surface area (Å²) in [7, 11) is 0. The molecule has 24 heavy (non-hydrogen) atoms. The predicted octanol–water partition coefficient (Wildman–Crippen LogP) is 2.11. The molecule has 3 heterocycles. The van der Waals surface area contributed by atoms with E-state index in [1.54, 1.807) is 4.90 Å². The highest BCUT2D eigenvalue weighted by molar-refractivity contribution is 5.87. The molecule has 1 aliphatic carbocycles. The molecule has 1 atom stereocenters. The number of carbonyl (C=O) groups is 1. The molecule has 5 nitrogen and oxygen atoms in total. The molecular formula is C17H20F2N2O3. The van der Waals surface area contributed by atoms with E-state index in [4.69, 9.17) is 9.47 Å². The molecule has 0 aromatic carbocycles. The molecule has 1 saturated carbocycles. The van der Waals surface area contributed by atoms with Gasteiger partial charge in [0.15, 0.2) is 11.5 Å². The number of halogens is 2. The number of amides is 1. The smallest absolute Gasteiger partial charge is 0.260 e. The van der Waals surface area contributed by atoms with Gasteiger partial charge in [-0.05, 0) is 37.8 Å². The highest BCUT2D eigenvalue weighted by Crippen LogP contribution is 2.44. The molecule has 3 aliphatic rings. The Morgan fingerprint density at radius 3 is 2.92 bits per heavy atom. The van der Waals surface area contributed by atoms with Crippen molar-refractivity contribution >= 4 is 5.91 Å². The molecular weight excluding hydrogens is 318 g/mol. The fourth-order valence-electron chi connectivity index (χ4n) is 3.75. The first kappa shape index (κ1) is 15.7. The second-order valence-corrected chi connectivity index (χ2v) is 6.98. The zero-order valence-electron chi connectivity index (χ0n) is 13.3. The zero-order valence-corrected chi connectivity index (χ0v) is 13.3. The average molecular weight is 338 g/mol. The molecule has 1 aromatic rings. The van der Waals surface area contributed by atoms with Crippen LogP contribution in [-0.4, -0.2) is 53.4 Å². The first-order valence-electron chi connectivity index (χ1n) is 8.38. The Morgan fingerprint density at radius 1 is 1.46 bits per heavy atom. The van der Waals surface area contributed by atoms with E-state index in [2.05, 4.69) is 4.98 Å². The van der Waals surface area contributed by atoms with Crippen molar-refractivity contribution in [2.45, 2.75) is 37.0 Å². The molecule has 1 unspecified atom stereocenters. The number of nitrogens with zero attached hydrogens (tertiary/aromatic N) is 2. The lowest BCUT2D eigenvalue weighted by atomic mass is 9.76. The first-order valence-corrected chi connectivity index (χ1v) is 8.38. The molecule has 0 bridgehead atoms. The number of hydrogen-bond donors (Lipinski definition) is 0. The summed E-state index contributed by atoms with van der Waals surface area (Å²) in [5, 5.41) is 0. The fraction of sp³-hybridized carbons (Fsp3) is 0.647. The molecule has 0 N–H and O–H groups in total. The fourth-order valence-corrected chi connectivity index (χ4v) is 3.75. The normalized spacial score (nSPS) is 26.8. The molecule has 2 aliphatic heterocycles. The van der Waals surface area contributed by atoms with Gasteiger partial charge in [-0.25, -0.2) is 13.8 Å². The number of aromatic nitrogens is 1. The van der Waals surface area contributed by atoms with Crippen LogP contribution in [0.15, 0.2) is 18.3 Å². The predicted molar refractivity (Wildman–Crippen MR) is 80.8 cm³/mol. The Morgan fingerprint density at radius 2 is 2.25 bits per heavy atom. The van der Waals surface area contributed by atoms with Crippen LogP contribution in [0.2, 0.25) is 0 Å². The van der Waals surface area contributed by atoms with Crippen molar-refractivity contribution in [1.82, 2.24) is 9.88 Å². The van der Waals surface area contributed by atoms with Crippen LogP contribution in [0.5, 0.6) is 5.88 Å². The van der Waals surface area contributed by atoms with E-state index >= 15 is 0 Å². The third-order valence-corrected chi connectivity index (χ3v) is 5.48. The van der Waals surface area contributed by atoms with Crippen molar-refractivity contribution < 1.29 is 23.0 Å². The standard InChI is InChI=1S/C17H20F2N2O3/c18-13-3-1-7-20-14(13)23-9-12-4-8-24-17(12)10-21(11-17)15(22)16(19)5-2-6-16/h1,3,7,12H,2,4-6,8-11H2. The zero-order chi connectivity index (χ0) is 16.8. The van der Waals surface area contributed by atoms with Crippen LogP contribution in [0.25, 0.3) is 0 Å². The maximum atomic E-state index is 14.3. The number of hydrogen-bond acceptors (Lipinski definition) is 4. The van der Waals surface area contributed by atoms with Crippen LogP contribution in [0.3, 0.4) is 0 Å². The number of rotatable bonds is 4. The number of carbonyl (C=O) groups excluding carboxylic acids is 1. The second kappa shape index (κ2) is 5.65. The second-order valence-electron chi connectivity index (χ2n) is 6.98. The van der Waals surface area contributed by atoms with Gasteiger partial charge in [-0.3, -0.25) is 4.79 Å². The molecule has 7 heteroatoms. The van der Waals surface area contributed by atoms with Crippen LogP contribution in [0.1, 0.15) is 25.7 Å². The Labute approximate surface area is 138 Å². The number of pyridine rings is 1. The monoisotopic (exact) mass is 338 g/mol. The van der Waals surface area contributed by atoms with E-state index in [0.717, 1.165) is 12.8 Å². The largest absolute Gasteiger partial charge is 0.475 e. The van der Waals surface area contributed by atoms with Crippen molar-refractivity contribution in [1.29, 1.82) is 0 Å². The summed E-state index contributed by atoms with van der Waals surface area (Å²) in [6, 6.07) is 2.80. The van der Waals surface area contributed by atoms with E-state index in [-0.39, 0.29) is 18.4 Å². The van der Waals surface area contributed by atoms with Gasteiger partial charge in [0, 0.05) is 18.7 Å². The summed E-state index contributed by atoms with van der Waals surface area (Å²) in [6.45, 7) is 1.62. The lowest BCUT2D eigenvalue weighted by Crippen LogP contribution is -2.69. The van der Waals surface area contributed by atoms with Crippen LogP contribution >= 0.6 is 0 Å². The van der Waals surface area contributed by atoms with Gasteiger partial charge in [0.05, 0.1) is 19.7 Å². The van der Waals surface area contributed by atoms with Gasteiger partial charge < -0.3 is 14.4 Å². The molecule has 1 amide bonds. The lowest BCUT2D eigenvalue weighted by molar-refractivity contribution is -0.182. The highest BCUT2D eigenvalue weighted by atomic mass is 19.1. The van der Waals surface area contributed by atoms with Crippen molar-refractivity contribution in [3.63, 3.8) is 0 Å². The Kier molecular flexibility index (Phi) is 3.71. The average Bonchev–Trinajstić information content (AvgIpc) is 2.93. The van der Waals surface area contributed by atoms with Crippen LogP contribution in [0, 0.1) is 11.7 Å². The van der Waals surface area contributed by atoms with Crippen molar-refractivity contribution in [3.8, 4) is 5.88 Å². The van der Waals surface area contributed by atoms with E-state index in [9.17, 15) is 13.6 Å². The van der Waals surface area contributed by atoms with Crippen LogP contribution in [0.4, 0.5) is 8.78 Å². The summed E-state index contributed by atoms with van der Waals surface area (Å²) in [4.78, 5) is 17.6. The van der Waals surface area contributed by atoms with Gasteiger partial charge in [-0.1, -0.05) is 0 Å². The van der Waals surface area contributed by atoms with Crippen LogP contribution < -0.4 is 4.74 Å². The first-order chi connectivity index (χ1) is 11.5. The molecule has 4 rings (SSSR count). The van der Waals surface area contributed by atoms with Gasteiger partial charge in [-0.2, -0.15) is 0 Å². The minimum absolute atomic E-state index is 0.0241. The summed E-state index contributed by atoms with van der Waals surface area (Å²) < 4.78 is 39.2. The van der Waals surface area contributed by atoms with Crippen molar-refractivity contribution in [2.75, 3.05) is 26.3 Å². The van der Waals surface area contributed by atoms with Crippen molar-refractivity contribution in [3.05, 3.63) is 24.1 Å². The third-order valence-electron chi connectivity index (χ3n) is 5.48. The maximum Gasteiger partial charge on any atom is 0.260 e. The minimum Gasteiger partial charge on any atom is -0.475 e. The summed E-state index contributed by atoms with van der Waals surface area (Å²) in [5.41, 5.74) is -2.15. The highest BCUT2D eigenvalue weighted by Gasteiger charge is 2.58. The SMILES string of the molecule is O=C(N1CC2(C1)OCCC2COc1ncccc1F)C1(F)CCC1. The Hall–Kier alpha value is -1.76. The maximum absolute atomic E-state index is 14.3. The summed E-state index contributed by atoms with van der Waals surface area (Å²) in [5.74, 6) is -0.894. The van der Waals surface area contributed by atoms with E-state index in [0.29, 0.717) is 32.5 Å². The van der Waals surface area contributed by atoms with E-state index < -0.39 is 23.0 Å². The minimum atomic E-state index is -1.66. The van der Waals surface area contributed by atoms with Gasteiger partial charge in [0.1, 0.15) is 5.60 Å². The number of likely N-dealkylation sites (tertiary alicyclic amines) is 1. The molecule has 2 saturated heterocycles. The molecule has 130 valence electrons. The van der Waals surface area contributed by atoms with E-state index in [1.807, 2.05) is 0 Å². The lowest BCUT2D eigenvalue weighted by Gasteiger charge is -2.52. The van der Waals surface area contributed by atoms with Gasteiger partial charge in [0.25, 0.3) is 5.91 Å². The molecule has 0 radical (unpaired) electrons. The van der Waals surface area contributed by atoms with Crippen LogP contribution in [-0.2, 0) is 9.53 Å². The summed E-state index contributed by atoms with van der Waals surface area (Å²) in [6.07, 6.45) is 3.66. The number of ether oxygens (including phenoxy) is 2. The Balaban J connectivity index is 1.36. The molecule has 1 aromatic heterocycles. The topological polar surface area (TPSA) is 51.7 Å². The molecule has 1 spiro atoms. The number of alkyl halides is 1. The van der Waals surface area contributed by atoms with Gasteiger partial charge >= 0.3 is 0 Å². The molecule has 3 fully saturated rings. The van der Waals surface area contributed by atoms with Gasteiger partial charge in [-0.15, -0.1) is 0 Å². The Bertz CT molecular complexity index is 644. The quantitative estimate of drug-likeness (QED) is 0.844. The van der Waals surface area contributed by atoms with Crippen molar-refractivity contribution in [2.24, 2.45) is 5.92 Å². The van der Waals surface area contributed by atoms with E-state index in [1.165, 1.54) is 18.3 Å². The summed E-state index contributed by atoms with van der Waals surface area (Å²) >= 11 is 0.